The second-order valence-electron chi connectivity index (χ2n) is 8.74. The molecule has 0 bridgehead atoms. The second-order valence-corrected chi connectivity index (χ2v) is 8.74. The summed E-state index contributed by atoms with van der Waals surface area (Å²) in [6.45, 7) is 4.52. The van der Waals surface area contributed by atoms with Crippen molar-refractivity contribution in [3.63, 3.8) is 0 Å². The third-order valence-electron chi connectivity index (χ3n) is 6.69. The van der Waals surface area contributed by atoms with Gasteiger partial charge in [-0.25, -0.2) is 9.69 Å². The molecule has 0 radical (unpaired) electrons. The number of imide groups is 1. The molecule has 2 aromatic rings. The van der Waals surface area contributed by atoms with Crippen molar-refractivity contribution in [3.05, 3.63) is 60.7 Å². The van der Waals surface area contributed by atoms with Crippen LogP contribution in [0.3, 0.4) is 0 Å². The number of carbonyl (C=O) groups is 3. The average molecular weight is 449 g/mol. The molecule has 3 atom stereocenters. The molecule has 3 unspecified atom stereocenters. The van der Waals surface area contributed by atoms with Gasteiger partial charge in [0.25, 0.3) is 0 Å². The van der Waals surface area contributed by atoms with Crippen LogP contribution in [0, 0.1) is 11.8 Å². The summed E-state index contributed by atoms with van der Waals surface area (Å²) in [5, 5.41) is 6.03. The number of nitrogens with zero attached hydrogens (tertiary/aromatic N) is 2. The summed E-state index contributed by atoms with van der Waals surface area (Å²) in [6, 6.07) is 18.6. The molecule has 1 saturated heterocycles. The smallest absolute Gasteiger partial charge is 0.328 e. The molecule has 7 nitrogen and oxygen atoms in total. The highest BCUT2D eigenvalue weighted by molar-refractivity contribution is 6.17. The normalized spacial score (nSPS) is 22.3. The molecule has 0 aromatic heterocycles. The van der Waals surface area contributed by atoms with Gasteiger partial charge in [0.1, 0.15) is 0 Å². The Kier molecular flexibility index (Phi) is 7.27. The van der Waals surface area contributed by atoms with Crippen molar-refractivity contribution >= 4 is 29.2 Å². The summed E-state index contributed by atoms with van der Waals surface area (Å²) >= 11 is 0. The first-order chi connectivity index (χ1) is 16.1. The van der Waals surface area contributed by atoms with Crippen molar-refractivity contribution in [2.45, 2.75) is 38.6 Å². The molecule has 1 aliphatic heterocycles. The highest BCUT2D eigenvalue weighted by Gasteiger charge is 2.45. The lowest BCUT2D eigenvalue weighted by Crippen LogP contribution is -2.62. The number of para-hydroxylation sites is 2. The van der Waals surface area contributed by atoms with Gasteiger partial charge in [0.05, 0.1) is 11.6 Å². The number of urea groups is 1. The quantitative estimate of drug-likeness (QED) is 0.605. The van der Waals surface area contributed by atoms with E-state index in [1.54, 1.807) is 12.1 Å². The molecule has 1 heterocycles. The molecule has 1 aliphatic carbocycles. The van der Waals surface area contributed by atoms with E-state index in [0.29, 0.717) is 31.5 Å². The Hall–Kier alpha value is -3.35. The summed E-state index contributed by atoms with van der Waals surface area (Å²) in [7, 11) is 0. The van der Waals surface area contributed by atoms with Crippen molar-refractivity contribution < 1.29 is 14.4 Å². The standard InChI is InChI=1S/C26H32N4O3/c1-2-29(20-10-5-3-6-11-20)17-9-16-27-24(31)19-14-15-22-23(18-19)28-26(33)30(25(22)32)21-12-7-4-8-13-21/h3-8,10-13,19,22-23H,2,9,14-18H2,1H3,(H,27,31)(H,28,33). The fourth-order valence-electron chi connectivity index (χ4n) is 4.91. The van der Waals surface area contributed by atoms with Gasteiger partial charge in [-0.3, -0.25) is 9.59 Å². The zero-order chi connectivity index (χ0) is 23.2. The molecule has 7 heteroatoms. The lowest BCUT2D eigenvalue weighted by molar-refractivity contribution is -0.130. The summed E-state index contributed by atoms with van der Waals surface area (Å²) in [6.07, 6.45) is 2.61. The van der Waals surface area contributed by atoms with E-state index in [1.165, 1.54) is 10.6 Å². The number of fused-ring (bicyclic) bond motifs is 1. The second kappa shape index (κ2) is 10.5. The Morgan fingerprint density at radius 2 is 1.76 bits per heavy atom. The van der Waals surface area contributed by atoms with Crippen molar-refractivity contribution in [3.8, 4) is 0 Å². The fourth-order valence-corrected chi connectivity index (χ4v) is 4.91. The van der Waals surface area contributed by atoms with Gasteiger partial charge in [0.2, 0.25) is 11.8 Å². The first kappa shape index (κ1) is 22.8. The van der Waals surface area contributed by atoms with Crippen LogP contribution in [0.15, 0.2) is 60.7 Å². The fraction of sp³-hybridized carbons (Fsp3) is 0.423. The maximum atomic E-state index is 13.0. The lowest BCUT2D eigenvalue weighted by atomic mass is 9.76. The van der Waals surface area contributed by atoms with E-state index in [0.717, 1.165) is 19.5 Å². The number of benzene rings is 2. The van der Waals surface area contributed by atoms with Crippen LogP contribution in [-0.2, 0) is 9.59 Å². The first-order valence-electron chi connectivity index (χ1n) is 11.9. The van der Waals surface area contributed by atoms with Crippen molar-refractivity contribution in [1.29, 1.82) is 0 Å². The van der Waals surface area contributed by atoms with Gasteiger partial charge >= 0.3 is 6.03 Å². The van der Waals surface area contributed by atoms with Crippen LogP contribution in [0.5, 0.6) is 0 Å². The molecule has 33 heavy (non-hydrogen) atoms. The van der Waals surface area contributed by atoms with E-state index in [4.69, 9.17) is 0 Å². The number of rotatable bonds is 8. The molecule has 4 amide bonds. The zero-order valence-electron chi connectivity index (χ0n) is 19.1. The van der Waals surface area contributed by atoms with Gasteiger partial charge in [0, 0.05) is 37.3 Å². The van der Waals surface area contributed by atoms with Crippen molar-refractivity contribution in [2.24, 2.45) is 11.8 Å². The minimum absolute atomic E-state index is 0.0170. The minimum atomic E-state index is -0.408. The third kappa shape index (κ3) is 5.18. The third-order valence-corrected chi connectivity index (χ3v) is 6.69. The molecule has 2 aromatic carbocycles. The Morgan fingerprint density at radius 1 is 1.06 bits per heavy atom. The van der Waals surface area contributed by atoms with E-state index < -0.39 is 6.03 Å². The Morgan fingerprint density at radius 3 is 2.45 bits per heavy atom. The topological polar surface area (TPSA) is 81.8 Å². The molecular formula is C26H32N4O3. The largest absolute Gasteiger partial charge is 0.372 e. The Bertz CT molecular complexity index is 966. The number of nitrogens with one attached hydrogen (secondary N) is 2. The summed E-state index contributed by atoms with van der Waals surface area (Å²) in [4.78, 5) is 42.0. The highest BCUT2D eigenvalue weighted by Crippen LogP contribution is 2.34. The Balaban J connectivity index is 1.26. The van der Waals surface area contributed by atoms with E-state index >= 15 is 0 Å². The summed E-state index contributed by atoms with van der Waals surface area (Å²) in [5.74, 6) is -0.618. The van der Waals surface area contributed by atoms with Crippen LogP contribution in [-0.4, -0.2) is 43.5 Å². The van der Waals surface area contributed by atoms with Gasteiger partial charge in [-0.05, 0) is 56.9 Å². The van der Waals surface area contributed by atoms with Crippen molar-refractivity contribution in [2.75, 3.05) is 29.4 Å². The van der Waals surface area contributed by atoms with Gasteiger partial charge < -0.3 is 15.5 Å². The first-order valence-corrected chi connectivity index (χ1v) is 11.9. The molecular weight excluding hydrogens is 416 g/mol. The molecule has 4 rings (SSSR count). The zero-order valence-corrected chi connectivity index (χ0v) is 19.1. The predicted octanol–water partition coefficient (Wildman–Crippen LogP) is 3.56. The van der Waals surface area contributed by atoms with Gasteiger partial charge in [0.15, 0.2) is 0 Å². The Labute approximate surface area is 195 Å². The van der Waals surface area contributed by atoms with Crippen LogP contribution in [0.1, 0.15) is 32.6 Å². The number of carbonyl (C=O) groups excluding carboxylic acids is 3. The van der Waals surface area contributed by atoms with E-state index in [2.05, 4.69) is 34.6 Å². The average Bonchev–Trinajstić information content (AvgIpc) is 2.85. The van der Waals surface area contributed by atoms with Gasteiger partial charge in [-0.1, -0.05) is 36.4 Å². The summed E-state index contributed by atoms with van der Waals surface area (Å²) in [5.41, 5.74) is 1.77. The monoisotopic (exact) mass is 448 g/mol. The molecule has 0 spiro atoms. The molecule has 174 valence electrons. The number of hydrogen-bond donors (Lipinski definition) is 2. The SMILES string of the molecule is CCN(CCCNC(=O)C1CCC2C(=O)N(c3ccccc3)C(=O)NC2C1)c1ccccc1. The van der Waals surface area contributed by atoms with Crippen LogP contribution >= 0.6 is 0 Å². The van der Waals surface area contributed by atoms with E-state index in [9.17, 15) is 14.4 Å². The number of amides is 4. The van der Waals surface area contributed by atoms with Crippen LogP contribution < -0.4 is 20.4 Å². The van der Waals surface area contributed by atoms with Gasteiger partial charge in [-0.15, -0.1) is 0 Å². The minimum Gasteiger partial charge on any atom is -0.372 e. The number of hydrogen-bond acceptors (Lipinski definition) is 4. The van der Waals surface area contributed by atoms with Crippen molar-refractivity contribution in [1.82, 2.24) is 10.6 Å². The molecule has 1 saturated carbocycles. The molecule has 2 aliphatic rings. The van der Waals surface area contributed by atoms with Crippen LogP contribution in [0.2, 0.25) is 0 Å². The summed E-state index contributed by atoms with van der Waals surface area (Å²) < 4.78 is 0. The maximum Gasteiger partial charge on any atom is 0.328 e. The van der Waals surface area contributed by atoms with E-state index in [1.807, 2.05) is 36.4 Å². The maximum absolute atomic E-state index is 13.0. The van der Waals surface area contributed by atoms with Crippen LogP contribution in [0.25, 0.3) is 0 Å². The van der Waals surface area contributed by atoms with E-state index in [-0.39, 0.29) is 29.7 Å². The molecule has 2 fully saturated rings. The lowest BCUT2D eigenvalue weighted by Gasteiger charge is -2.41. The van der Waals surface area contributed by atoms with Crippen LogP contribution in [0.4, 0.5) is 16.2 Å². The predicted molar refractivity (Wildman–Crippen MR) is 129 cm³/mol. The molecule has 2 N–H and O–H groups in total. The highest BCUT2D eigenvalue weighted by atomic mass is 16.2. The van der Waals surface area contributed by atoms with Gasteiger partial charge in [-0.2, -0.15) is 0 Å². The number of anilines is 2.